The summed E-state index contributed by atoms with van der Waals surface area (Å²) in [6, 6.07) is 12.3. The van der Waals surface area contributed by atoms with Gasteiger partial charge in [0.15, 0.2) is 5.13 Å². The molecule has 0 aliphatic rings. The molecule has 0 fully saturated rings. The normalized spacial score (nSPS) is 10.8. The van der Waals surface area contributed by atoms with Crippen molar-refractivity contribution in [3.05, 3.63) is 47.5 Å². The van der Waals surface area contributed by atoms with Crippen LogP contribution in [0.3, 0.4) is 0 Å². The summed E-state index contributed by atoms with van der Waals surface area (Å²) in [5.74, 6) is 0.864. The first kappa shape index (κ1) is 13.9. The number of benzene rings is 2. The van der Waals surface area contributed by atoms with Crippen molar-refractivity contribution < 1.29 is 4.74 Å². The molecule has 4 heteroatoms. The van der Waals surface area contributed by atoms with Gasteiger partial charge in [0.25, 0.3) is 0 Å². The second kappa shape index (κ2) is 5.74. The third-order valence-electron chi connectivity index (χ3n) is 3.57. The van der Waals surface area contributed by atoms with E-state index in [1.165, 1.54) is 16.8 Å². The van der Waals surface area contributed by atoms with Crippen LogP contribution in [0.4, 0.5) is 10.8 Å². The Hall–Kier alpha value is -2.07. The zero-order valence-corrected chi connectivity index (χ0v) is 13.3. The topological polar surface area (TPSA) is 34.2 Å². The predicted molar refractivity (Wildman–Crippen MR) is 90.0 cm³/mol. The van der Waals surface area contributed by atoms with E-state index in [1.807, 2.05) is 18.2 Å². The zero-order chi connectivity index (χ0) is 14.8. The molecule has 0 aliphatic carbocycles. The number of hydrogen-bond acceptors (Lipinski definition) is 4. The van der Waals surface area contributed by atoms with E-state index >= 15 is 0 Å². The Labute approximate surface area is 128 Å². The van der Waals surface area contributed by atoms with Gasteiger partial charge in [0, 0.05) is 5.69 Å². The van der Waals surface area contributed by atoms with Crippen LogP contribution in [0.1, 0.15) is 18.1 Å². The number of thiazole rings is 1. The van der Waals surface area contributed by atoms with E-state index in [0.29, 0.717) is 0 Å². The summed E-state index contributed by atoms with van der Waals surface area (Å²) in [5.41, 5.74) is 4.72. The van der Waals surface area contributed by atoms with E-state index in [2.05, 4.69) is 42.3 Å². The van der Waals surface area contributed by atoms with E-state index in [4.69, 9.17) is 4.74 Å². The lowest BCUT2D eigenvalue weighted by Gasteiger charge is -2.11. The minimum absolute atomic E-state index is 0.864. The molecule has 3 nitrogen and oxygen atoms in total. The Morgan fingerprint density at radius 2 is 2.10 bits per heavy atom. The fraction of sp³-hybridized carbons (Fsp3) is 0.235. The van der Waals surface area contributed by atoms with Crippen LogP contribution >= 0.6 is 11.3 Å². The number of ether oxygens (including phenoxy) is 1. The molecule has 2 aromatic carbocycles. The molecule has 3 aromatic rings. The molecule has 0 saturated heterocycles. The molecule has 108 valence electrons. The van der Waals surface area contributed by atoms with Gasteiger partial charge in [-0.15, -0.1) is 0 Å². The van der Waals surface area contributed by atoms with Crippen molar-refractivity contribution >= 4 is 32.4 Å². The van der Waals surface area contributed by atoms with E-state index in [9.17, 15) is 0 Å². The second-order valence-corrected chi connectivity index (χ2v) is 5.97. The highest BCUT2D eigenvalue weighted by atomic mass is 32.1. The van der Waals surface area contributed by atoms with E-state index in [1.54, 1.807) is 18.4 Å². The maximum absolute atomic E-state index is 5.26. The molecule has 21 heavy (non-hydrogen) atoms. The summed E-state index contributed by atoms with van der Waals surface area (Å²) in [5, 5.41) is 4.40. The van der Waals surface area contributed by atoms with Crippen molar-refractivity contribution in [3.63, 3.8) is 0 Å². The van der Waals surface area contributed by atoms with Crippen molar-refractivity contribution in [2.24, 2.45) is 0 Å². The number of rotatable bonds is 4. The maximum Gasteiger partial charge on any atom is 0.188 e. The highest BCUT2D eigenvalue weighted by Gasteiger charge is 2.09. The van der Waals surface area contributed by atoms with Gasteiger partial charge in [0.2, 0.25) is 0 Å². The predicted octanol–water partition coefficient (Wildman–Crippen LogP) is 4.92. The number of aryl methyl sites for hydroxylation is 2. The van der Waals surface area contributed by atoms with Crippen molar-refractivity contribution in [1.82, 2.24) is 4.98 Å². The van der Waals surface area contributed by atoms with Crippen molar-refractivity contribution in [1.29, 1.82) is 0 Å². The highest BCUT2D eigenvalue weighted by molar-refractivity contribution is 7.22. The molecule has 0 radical (unpaired) electrons. The van der Waals surface area contributed by atoms with Gasteiger partial charge in [-0.2, -0.15) is 0 Å². The van der Waals surface area contributed by atoms with Gasteiger partial charge >= 0.3 is 0 Å². The van der Waals surface area contributed by atoms with E-state index in [-0.39, 0.29) is 0 Å². The number of fused-ring (bicyclic) bond motifs is 1. The molecule has 1 aromatic heterocycles. The van der Waals surface area contributed by atoms with Crippen LogP contribution in [0, 0.1) is 6.92 Å². The molecular formula is C17H18N2OS. The fourth-order valence-electron chi connectivity index (χ4n) is 2.39. The van der Waals surface area contributed by atoms with E-state index < -0.39 is 0 Å². The summed E-state index contributed by atoms with van der Waals surface area (Å²) in [6.45, 7) is 4.29. The second-order valence-electron chi connectivity index (χ2n) is 4.94. The number of nitrogens with one attached hydrogen (secondary N) is 1. The molecule has 0 amide bonds. The first-order valence-corrected chi connectivity index (χ1v) is 7.83. The molecular weight excluding hydrogens is 280 g/mol. The quantitative estimate of drug-likeness (QED) is 0.742. The van der Waals surface area contributed by atoms with Gasteiger partial charge in [-0.1, -0.05) is 36.5 Å². The Morgan fingerprint density at radius 3 is 2.86 bits per heavy atom. The summed E-state index contributed by atoms with van der Waals surface area (Å²) in [6.07, 6.45) is 1.00. The molecule has 3 rings (SSSR count). The molecule has 0 saturated carbocycles. The average molecular weight is 298 g/mol. The maximum atomic E-state index is 5.26. The standard InChI is InChI=1S/C17H18N2OS/c1-4-12-7-5-6-11(2)16(12)19-17-18-14-9-8-13(20-3)10-15(14)21-17/h5-10H,4H2,1-3H3,(H,18,19). The number of hydrogen-bond donors (Lipinski definition) is 1. The first-order valence-electron chi connectivity index (χ1n) is 7.01. The van der Waals surface area contributed by atoms with Crippen molar-refractivity contribution in [2.45, 2.75) is 20.3 Å². The minimum atomic E-state index is 0.864. The lowest BCUT2D eigenvalue weighted by Crippen LogP contribution is -1.97. The average Bonchev–Trinajstić information content (AvgIpc) is 2.90. The van der Waals surface area contributed by atoms with Crippen LogP contribution in [0.5, 0.6) is 5.75 Å². The SMILES string of the molecule is CCc1cccc(C)c1Nc1nc2ccc(OC)cc2s1. The molecule has 0 spiro atoms. The van der Waals surface area contributed by atoms with Crippen molar-refractivity contribution in [3.8, 4) is 5.75 Å². The van der Waals surface area contributed by atoms with Gasteiger partial charge in [0.1, 0.15) is 5.75 Å². The zero-order valence-electron chi connectivity index (χ0n) is 12.4. The number of nitrogens with zero attached hydrogens (tertiary/aromatic N) is 1. The number of aromatic nitrogens is 1. The van der Waals surface area contributed by atoms with Crippen LogP contribution in [-0.2, 0) is 6.42 Å². The molecule has 0 aliphatic heterocycles. The first-order chi connectivity index (χ1) is 10.2. The number of methoxy groups -OCH3 is 1. The van der Waals surface area contributed by atoms with Crippen LogP contribution < -0.4 is 10.1 Å². The van der Waals surface area contributed by atoms with Gasteiger partial charge in [-0.25, -0.2) is 4.98 Å². The molecule has 0 atom stereocenters. The summed E-state index contributed by atoms with van der Waals surface area (Å²) in [4.78, 5) is 4.65. The lowest BCUT2D eigenvalue weighted by atomic mass is 10.1. The summed E-state index contributed by atoms with van der Waals surface area (Å²) in [7, 11) is 1.68. The van der Waals surface area contributed by atoms with Gasteiger partial charge in [0.05, 0.1) is 17.3 Å². The Bertz CT molecular complexity index is 780. The van der Waals surface area contributed by atoms with Crippen LogP contribution in [0.2, 0.25) is 0 Å². The summed E-state index contributed by atoms with van der Waals surface area (Å²) >= 11 is 1.65. The third kappa shape index (κ3) is 2.72. The van der Waals surface area contributed by atoms with Crippen LogP contribution in [0.25, 0.3) is 10.2 Å². The van der Waals surface area contributed by atoms with Gasteiger partial charge in [-0.3, -0.25) is 0 Å². The summed E-state index contributed by atoms with van der Waals surface area (Å²) < 4.78 is 6.39. The van der Waals surface area contributed by atoms with Gasteiger partial charge in [-0.05, 0) is 42.7 Å². The van der Waals surface area contributed by atoms with Crippen LogP contribution in [-0.4, -0.2) is 12.1 Å². The Kier molecular flexibility index (Phi) is 3.80. The molecule has 1 N–H and O–H groups in total. The van der Waals surface area contributed by atoms with Crippen molar-refractivity contribution in [2.75, 3.05) is 12.4 Å². The van der Waals surface area contributed by atoms with E-state index in [0.717, 1.165) is 27.5 Å². The van der Waals surface area contributed by atoms with Gasteiger partial charge < -0.3 is 10.1 Å². The number of anilines is 2. The lowest BCUT2D eigenvalue weighted by molar-refractivity contribution is 0.415. The molecule has 0 bridgehead atoms. The fourth-order valence-corrected chi connectivity index (χ4v) is 3.29. The largest absolute Gasteiger partial charge is 0.497 e. The smallest absolute Gasteiger partial charge is 0.188 e. The monoisotopic (exact) mass is 298 g/mol. The highest BCUT2D eigenvalue weighted by Crippen LogP contribution is 2.32. The number of para-hydroxylation sites is 1. The molecule has 1 heterocycles. The molecule has 0 unspecified atom stereocenters. The minimum Gasteiger partial charge on any atom is -0.497 e. The third-order valence-corrected chi connectivity index (χ3v) is 4.50. The Balaban J connectivity index is 1.98. The van der Waals surface area contributed by atoms with Crippen LogP contribution in [0.15, 0.2) is 36.4 Å². The Morgan fingerprint density at radius 1 is 1.24 bits per heavy atom.